The lowest BCUT2D eigenvalue weighted by molar-refractivity contribution is 0.361. The second kappa shape index (κ2) is 6.65. The summed E-state index contributed by atoms with van der Waals surface area (Å²) < 4.78 is 5.14. The van der Waals surface area contributed by atoms with Crippen LogP contribution in [0.2, 0.25) is 0 Å². The van der Waals surface area contributed by atoms with Gasteiger partial charge in [-0.1, -0.05) is 25.5 Å². The second-order valence-corrected chi connectivity index (χ2v) is 5.16. The molecular formula is C15H25NO. The summed E-state index contributed by atoms with van der Waals surface area (Å²) in [7, 11) is 1.70. The monoisotopic (exact) mass is 235 g/mol. The molecule has 96 valence electrons. The third kappa shape index (κ3) is 5.22. The molecule has 17 heavy (non-hydrogen) atoms. The van der Waals surface area contributed by atoms with Gasteiger partial charge >= 0.3 is 0 Å². The van der Waals surface area contributed by atoms with Crippen LogP contribution in [0.1, 0.15) is 39.2 Å². The first-order valence-corrected chi connectivity index (χ1v) is 6.45. The summed E-state index contributed by atoms with van der Waals surface area (Å²) in [6, 6.07) is 8.31. The van der Waals surface area contributed by atoms with Gasteiger partial charge in [0.05, 0.1) is 7.11 Å². The van der Waals surface area contributed by atoms with Crippen LogP contribution in [0, 0.1) is 0 Å². The Labute approximate surface area is 105 Å². The van der Waals surface area contributed by atoms with Crippen molar-refractivity contribution in [2.24, 2.45) is 0 Å². The van der Waals surface area contributed by atoms with Crippen LogP contribution in [0.25, 0.3) is 0 Å². The van der Waals surface area contributed by atoms with Gasteiger partial charge in [0.2, 0.25) is 0 Å². The number of nitrogens with one attached hydrogen (secondary N) is 1. The van der Waals surface area contributed by atoms with E-state index in [0.717, 1.165) is 18.7 Å². The molecule has 1 aromatic rings. The number of hydrogen-bond acceptors (Lipinski definition) is 2. The highest BCUT2D eigenvalue weighted by molar-refractivity contribution is 5.27. The molecule has 2 heteroatoms. The maximum Gasteiger partial charge on any atom is 0.118 e. The van der Waals surface area contributed by atoms with E-state index in [4.69, 9.17) is 4.74 Å². The number of benzene rings is 1. The molecule has 1 aromatic carbocycles. The van der Waals surface area contributed by atoms with Crippen LogP contribution in [0.5, 0.6) is 5.75 Å². The van der Waals surface area contributed by atoms with Crippen LogP contribution >= 0.6 is 0 Å². The van der Waals surface area contributed by atoms with Gasteiger partial charge in [0.15, 0.2) is 0 Å². The predicted molar refractivity (Wildman–Crippen MR) is 73.7 cm³/mol. The molecule has 0 atom stereocenters. The molecule has 1 N–H and O–H groups in total. The van der Waals surface area contributed by atoms with Crippen molar-refractivity contribution in [1.82, 2.24) is 5.32 Å². The Kier molecular flexibility index (Phi) is 5.49. The van der Waals surface area contributed by atoms with Gasteiger partial charge in [-0.3, -0.25) is 0 Å². The van der Waals surface area contributed by atoms with Gasteiger partial charge in [0, 0.05) is 5.54 Å². The predicted octanol–water partition coefficient (Wildman–Crippen LogP) is 3.41. The maximum atomic E-state index is 5.14. The van der Waals surface area contributed by atoms with E-state index >= 15 is 0 Å². The van der Waals surface area contributed by atoms with Crippen molar-refractivity contribution in [3.8, 4) is 5.75 Å². The molecule has 0 amide bonds. The van der Waals surface area contributed by atoms with E-state index < -0.39 is 0 Å². The quantitative estimate of drug-likeness (QED) is 0.782. The van der Waals surface area contributed by atoms with E-state index in [1.54, 1.807) is 7.11 Å². The standard InChI is InChI=1S/C15H25NO/c1-5-11-15(2,3)16-12-10-13-6-8-14(17-4)9-7-13/h6-9,16H,5,10-12H2,1-4H3. The Bertz CT molecular complexity index is 316. The third-order valence-electron chi connectivity index (χ3n) is 3.05. The zero-order valence-electron chi connectivity index (χ0n) is 11.5. The molecule has 2 nitrogen and oxygen atoms in total. The molecule has 0 spiro atoms. The summed E-state index contributed by atoms with van der Waals surface area (Å²) >= 11 is 0. The number of hydrogen-bond donors (Lipinski definition) is 1. The van der Waals surface area contributed by atoms with Crippen LogP contribution in [0.4, 0.5) is 0 Å². The Hall–Kier alpha value is -1.02. The highest BCUT2D eigenvalue weighted by Crippen LogP contribution is 2.13. The fourth-order valence-corrected chi connectivity index (χ4v) is 2.05. The van der Waals surface area contributed by atoms with Crippen LogP contribution in [-0.2, 0) is 6.42 Å². The number of methoxy groups -OCH3 is 1. The summed E-state index contributed by atoms with van der Waals surface area (Å²) in [6.07, 6.45) is 3.51. The largest absolute Gasteiger partial charge is 0.497 e. The maximum absolute atomic E-state index is 5.14. The first kappa shape index (κ1) is 14.0. The van der Waals surface area contributed by atoms with Gasteiger partial charge in [-0.25, -0.2) is 0 Å². The highest BCUT2D eigenvalue weighted by atomic mass is 16.5. The second-order valence-electron chi connectivity index (χ2n) is 5.16. The molecule has 0 aliphatic rings. The first-order valence-electron chi connectivity index (χ1n) is 6.45. The third-order valence-corrected chi connectivity index (χ3v) is 3.05. The zero-order valence-corrected chi connectivity index (χ0v) is 11.5. The van der Waals surface area contributed by atoms with Gasteiger partial charge in [-0.15, -0.1) is 0 Å². The molecule has 0 aliphatic heterocycles. The van der Waals surface area contributed by atoms with Crippen molar-refractivity contribution in [1.29, 1.82) is 0 Å². The molecule has 0 aromatic heterocycles. The Morgan fingerprint density at radius 2 is 1.82 bits per heavy atom. The summed E-state index contributed by atoms with van der Waals surface area (Å²) in [5.74, 6) is 0.924. The lowest BCUT2D eigenvalue weighted by Gasteiger charge is -2.25. The van der Waals surface area contributed by atoms with E-state index in [9.17, 15) is 0 Å². The Morgan fingerprint density at radius 3 is 2.35 bits per heavy atom. The van der Waals surface area contributed by atoms with Gasteiger partial charge < -0.3 is 10.1 Å². The molecule has 0 unspecified atom stereocenters. The summed E-state index contributed by atoms with van der Waals surface area (Å²) in [5.41, 5.74) is 1.60. The van der Waals surface area contributed by atoms with Gasteiger partial charge in [0.1, 0.15) is 5.75 Å². The number of ether oxygens (including phenoxy) is 1. The summed E-state index contributed by atoms with van der Waals surface area (Å²) in [6.45, 7) is 7.79. The molecule has 1 rings (SSSR count). The van der Waals surface area contributed by atoms with E-state index in [-0.39, 0.29) is 5.54 Å². The molecule has 0 aliphatic carbocycles. The lowest BCUT2D eigenvalue weighted by atomic mass is 9.98. The molecule has 0 fully saturated rings. The molecular weight excluding hydrogens is 210 g/mol. The van der Waals surface area contributed by atoms with Crippen LogP contribution in [0.3, 0.4) is 0 Å². The Balaban J connectivity index is 2.35. The fraction of sp³-hybridized carbons (Fsp3) is 0.600. The lowest BCUT2D eigenvalue weighted by Crippen LogP contribution is -2.40. The molecule has 0 bridgehead atoms. The van der Waals surface area contributed by atoms with E-state index in [1.165, 1.54) is 18.4 Å². The van der Waals surface area contributed by atoms with Crippen LogP contribution in [0.15, 0.2) is 24.3 Å². The number of rotatable bonds is 7. The minimum atomic E-state index is 0.251. The van der Waals surface area contributed by atoms with Crippen molar-refractivity contribution in [3.63, 3.8) is 0 Å². The van der Waals surface area contributed by atoms with Gasteiger partial charge in [-0.2, -0.15) is 0 Å². The van der Waals surface area contributed by atoms with Crippen LogP contribution < -0.4 is 10.1 Å². The van der Waals surface area contributed by atoms with Crippen molar-refractivity contribution >= 4 is 0 Å². The van der Waals surface area contributed by atoms with Crippen molar-refractivity contribution in [2.45, 2.75) is 45.6 Å². The Morgan fingerprint density at radius 1 is 1.18 bits per heavy atom. The molecule has 0 saturated carbocycles. The van der Waals surface area contributed by atoms with Gasteiger partial charge in [-0.05, 0) is 50.9 Å². The average molecular weight is 235 g/mol. The smallest absolute Gasteiger partial charge is 0.118 e. The molecule has 0 heterocycles. The van der Waals surface area contributed by atoms with E-state index in [2.05, 4.69) is 38.2 Å². The van der Waals surface area contributed by atoms with Crippen LogP contribution in [-0.4, -0.2) is 19.2 Å². The first-order chi connectivity index (χ1) is 8.07. The van der Waals surface area contributed by atoms with E-state index in [0.29, 0.717) is 0 Å². The SMILES string of the molecule is CCCC(C)(C)NCCc1ccc(OC)cc1. The summed E-state index contributed by atoms with van der Waals surface area (Å²) in [4.78, 5) is 0. The molecule has 0 saturated heterocycles. The minimum Gasteiger partial charge on any atom is -0.497 e. The van der Waals surface area contributed by atoms with Gasteiger partial charge in [0.25, 0.3) is 0 Å². The summed E-state index contributed by atoms with van der Waals surface area (Å²) in [5, 5.41) is 3.61. The van der Waals surface area contributed by atoms with Crippen molar-refractivity contribution < 1.29 is 4.74 Å². The van der Waals surface area contributed by atoms with E-state index in [1.807, 2.05) is 12.1 Å². The highest BCUT2D eigenvalue weighted by Gasteiger charge is 2.14. The normalized spacial score (nSPS) is 11.5. The average Bonchev–Trinajstić information content (AvgIpc) is 2.29. The van der Waals surface area contributed by atoms with Crippen molar-refractivity contribution in [3.05, 3.63) is 29.8 Å². The topological polar surface area (TPSA) is 21.3 Å². The van der Waals surface area contributed by atoms with Crippen molar-refractivity contribution in [2.75, 3.05) is 13.7 Å². The molecule has 0 radical (unpaired) electrons. The minimum absolute atomic E-state index is 0.251. The fourth-order valence-electron chi connectivity index (χ4n) is 2.05. The zero-order chi connectivity index (χ0) is 12.7.